The van der Waals surface area contributed by atoms with Gasteiger partial charge in [-0.05, 0) is 0 Å². The van der Waals surface area contributed by atoms with Gasteiger partial charge in [0.15, 0.2) is 6.79 Å². The van der Waals surface area contributed by atoms with Crippen molar-refractivity contribution in [3.05, 3.63) is 0 Å². The Labute approximate surface area is 62.1 Å². The molecule has 0 bridgehead atoms. The molecule has 0 saturated heterocycles. The number of ether oxygens (including phenoxy) is 3. The summed E-state index contributed by atoms with van der Waals surface area (Å²) in [6.07, 6.45) is -0.730. The fraction of sp³-hybridized carbons (Fsp3) is 0.833. The van der Waals surface area contributed by atoms with Crippen LogP contribution in [0.2, 0.25) is 0 Å². The molecule has 0 spiro atoms. The Morgan fingerprint density at radius 1 is 1.30 bits per heavy atom. The lowest BCUT2D eigenvalue weighted by atomic mass is 11.2. The Balaban J connectivity index is -0.000000245. The number of rotatable bonds is 2. The highest BCUT2D eigenvalue weighted by molar-refractivity contribution is 5.59. The van der Waals surface area contributed by atoms with Crippen molar-refractivity contribution in [1.82, 2.24) is 0 Å². The number of carbonyl (C=O) groups excluding carboxylic acids is 1. The summed E-state index contributed by atoms with van der Waals surface area (Å²) in [6.45, 7) is -0.0628. The Kier molecular flexibility index (Phi) is 17.9. The number of carbonyl (C=O) groups is 1. The summed E-state index contributed by atoms with van der Waals surface area (Å²) in [5.41, 5.74) is 0. The maximum atomic E-state index is 10.0. The second-order valence-corrected chi connectivity index (χ2v) is 1.00. The number of hydrogen-bond donors (Lipinski definition) is 0. The van der Waals surface area contributed by atoms with Gasteiger partial charge in [0.05, 0.1) is 7.11 Å². The first-order valence-electron chi connectivity index (χ1n) is 2.01. The molecule has 0 amide bonds. The molecule has 0 aliphatic rings. The van der Waals surface area contributed by atoms with Gasteiger partial charge in [-0.15, -0.1) is 0 Å². The predicted octanol–water partition coefficient (Wildman–Crippen LogP) is 1.65. The van der Waals surface area contributed by atoms with Crippen LogP contribution in [-0.2, 0) is 14.2 Å². The zero-order valence-corrected chi connectivity index (χ0v) is 4.84. The fourth-order valence-electron chi connectivity index (χ4n) is 0.166. The summed E-state index contributed by atoms with van der Waals surface area (Å²) in [4.78, 5) is 10.0. The van der Waals surface area contributed by atoms with Crippen LogP contribution in [-0.4, -0.2) is 27.2 Å². The molecule has 4 nitrogen and oxygen atoms in total. The molecule has 0 aliphatic carbocycles. The van der Waals surface area contributed by atoms with Crippen molar-refractivity contribution in [2.75, 3.05) is 21.0 Å². The second-order valence-electron chi connectivity index (χ2n) is 1.00. The van der Waals surface area contributed by atoms with E-state index in [9.17, 15) is 4.79 Å². The van der Waals surface area contributed by atoms with E-state index in [4.69, 9.17) is 0 Å². The predicted molar refractivity (Wildman–Crippen MR) is 38.8 cm³/mol. The van der Waals surface area contributed by atoms with Crippen LogP contribution in [0.5, 0.6) is 0 Å². The van der Waals surface area contributed by atoms with Gasteiger partial charge < -0.3 is 14.2 Å². The zero-order valence-electron chi connectivity index (χ0n) is 4.84. The third kappa shape index (κ3) is 10.3. The van der Waals surface area contributed by atoms with Gasteiger partial charge in [-0.2, -0.15) is 0 Å². The van der Waals surface area contributed by atoms with E-state index in [1.807, 2.05) is 0 Å². The van der Waals surface area contributed by atoms with Crippen molar-refractivity contribution < 1.29 is 19.0 Å². The van der Waals surface area contributed by atoms with Crippen LogP contribution in [0.15, 0.2) is 0 Å². The normalized spacial score (nSPS) is 6.60. The van der Waals surface area contributed by atoms with Crippen LogP contribution >= 0.6 is 0 Å². The van der Waals surface area contributed by atoms with Crippen molar-refractivity contribution in [1.29, 1.82) is 0 Å². The maximum absolute atomic E-state index is 10.0. The smallest absolute Gasteiger partial charge is 0.438 e. The van der Waals surface area contributed by atoms with Crippen LogP contribution < -0.4 is 0 Å². The molecule has 0 aliphatic heterocycles. The van der Waals surface area contributed by atoms with Gasteiger partial charge in [0.25, 0.3) is 0 Å². The quantitative estimate of drug-likeness (QED) is 0.445. The van der Waals surface area contributed by atoms with Crippen molar-refractivity contribution in [2.45, 2.75) is 14.9 Å². The topological polar surface area (TPSA) is 44.8 Å². The summed E-state index contributed by atoms with van der Waals surface area (Å²) >= 11 is 0. The maximum Gasteiger partial charge on any atom is 0.510 e. The standard InChI is InChI=1S/C4H8O4.2CH4/c1-6-3-8-4(5)7-2;;/h3H2,1-2H3;2*1H4. The lowest BCUT2D eigenvalue weighted by molar-refractivity contribution is -0.0190. The molecule has 4 heteroatoms. The van der Waals surface area contributed by atoms with Gasteiger partial charge >= 0.3 is 6.16 Å². The second kappa shape index (κ2) is 11.1. The molecule has 0 N–H and O–H groups in total. The monoisotopic (exact) mass is 152 g/mol. The van der Waals surface area contributed by atoms with E-state index in [-0.39, 0.29) is 21.6 Å². The Bertz CT molecular complexity index is 72.1. The summed E-state index contributed by atoms with van der Waals surface area (Å²) < 4.78 is 12.8. The molecular formula is C6H16O4. The van der Waals surface area contributed by atoms with Gasteiger partial charge in [0, 0.05) is 7.11 Å². The van der Waals surface area contributed by atoms with E-state index in [2.05, 4.69) is 14.2 Å². The highest BCUT2D eigenvalue weighted by Crippen LogP contribution is 1.79. The van der Waals surface area contributed by atoms with E-state index in [0.717, 1.165) is 0 Å². The molecule has 0 unspecified atom stereocenters. The molecule has 0 fully saturated rings. The van der Waals surface area contributed by atoms with Crippen LogP contribution in [0.4, 0.5) is 4.79 Å². The van der Waals surface area contributed by atoms with Gasteiger partial charge in [-0.25, -0.2) is 4.79 Å². The average molecular weight is 152 g/mol. The van der Waals surface area contributed by atoms with Gasteiger partial charge in [-0.3, -0.25) is 0 Å². The van der Waals surface area contributed by atoms with E-state index in [1.165, 1.54) is 14.2 Å². The molecule has 0 atom stereocenters. The molecular weight excluding hydrogens is 136 g/mol. The molecule has 0 saturated carbocycles. The van der Waals surface area contributed by atoms with Crippen molar-refractivity contribution in [3.63, 3.8) is 0 Å². The number of methoxy groups -OCH3 is 2. The largest absolute Gasteiger partial charge is 0.510 e. The summed E-state index contributed by atoms with van der Waals surface area (Å²) in [7, 11) is 2.65. The SMILES string of the molecule is C.C.COCOC(=O)OC. The first-order chi connectivity index (χ1) is 3.81. The minimum absolute atomic E-state index is 0. The van der Waals surface area contributed by atoms with E-state index in [0.29, 0.717) is 0 Å². The van der Waals surface area contributed by atoms with Crippen LogP contribution in [0, 0.1) is 0 Å². The number of hydrogen-bond acceptors (Lipinski definition) is 4. The summed E-state index contributed by atoms with van der Waals surface area (Å²) in [5.74, 6) is 0. The Hall–Kier alpha value is -0.770. The molecule has 0 aromatic carbocycles. The minimum atomic E-state index is -0.730. The molecule has 0 aromatic rings. The minimum Gasteiger partial charge on any atom is -0.438 e. The van der Waals surface area contributed by atoms with Crippen LogP contribution in [0.1, 0.15) is 14.9 Å². The summed E-state index contributed by atoms with van der Waals surface area (Å²) in [6, 6.07) is 0. The van der Waals surface area contributed by atoms with Crippen molar-refractivity contribution in [2.24, 2.45) is 0 Å². The lowest BCUT2D eigenvalue weighted by Gasteiger charge is -1.98. The summed E-state index contributed by atoms with van der Waals surface area (Å²) in [5, 5.41) is 0. The fourth-order valence-corrected chi connectivity index (χ4v) is 0.166. The lowest BCUT2D eigenvalue weighted by Crippen LogP contribution is -2.05. The van der Waals surface area contributed by atoms with Crippen molar-refractivity contribution in [3.8, 4) is 0 Å². The molecule has 0 aromatic heterocycles. The van der Waals surface area contributed by atoms with Crippen LogP contribution in [0.25, 0.3) is 0 Å². The third-order valence-electron chi connectivity index (χ3n) is 0.461. The molecule has 10 heavy (non-hydrogen) atoms. The highest BCUT2D eigenvalue weighted by atomic mass is 16.8. The highest BCUT2D eigenvalue weighted by Gasteiger charge is 1.95. The van der Waals surface area contributed by atoms with Gasteiger partial charge in [-0.1, -0.05) is 14.9 Å². The van der Waals surface area contributed by atoms with Gasteiger partial charge in [0.1, 0.15) is 0 Å². The first kappa shape index (κ1) is 16.1. The van der Waals surface area contributed by atoms with E-state index >= 15 is 0 Å². The molecule has 0 radical (unpaired) electrons. The van der Waals surface area contributed by atoms with Crippen LogP contribution in [0.3, 0.4) is 0 Å². The Morgan fingerprint density at radius 3 is 2.10 bits per heavy atom. The third-order valence-corrected chi connectivity index (χ3v) is 0.461. The molecule has 64 valence electrons. The van der Waals surface area contributed by atoms with Gasteiger partial charge in [0.2, 0.25) is 0 Å². The molecule has 0 rings (SSSR count). The van der Waals surface area contributed by atoms with E-state index in [1.54, 1.807) is 0 Å². The average Bonchev–Trinajstić information content (AvgIpc) is 1.83. The van der Waals surface area contributed by atoms with Crippen molar-refractivity contribution >= 4 is 6.16 Å². The Morgan fingerprint density at radius 2 is 1.80 bits per heavy atom. The van der Waals surface area contributed by atoms with E-state index < -0.39 is 6.16 Å². The first-order valence-corrected chi connectivity index (χ1v) is 2.01. The zero-order chi connectivity index (χ0) is 6.41. The molecule has 0 heterocycles.